The molecular formula is C26H27NO2. The number of nitrogens with one attached hydrogen (secondary N) is 1. The van der Waals surface area contributed by atoms with Crippen LogP contribution in [0.15, 0.2) is 72.8 Å². The molecule has 0 saturated carbocycles. The molecule has 1 aliphatic rings. The monoisotopic (exact) mass is 385 g/mol. The third-order valence-electron chi connectivity index (χ3n) is 5.41. The van der Waals surface area contributed by atoms with Crippen LogP contribution < -0.4 is 14.8 Å². The standard InChI is InChI=1S/C26H27NO2/c1-19-8-6-7-11-21(19)12-13-24-23-17-25(28-2)26(16-22(23)14-15-27-24)29-18-20-9-4-3-5-10-20/h3-13,16-17,24,27H,14-15,18H2,1-2H3/b13-12+. The number of fused-ring (bicyclic) bond motifs is 1. The normalized spacial score (nSPS) is 15.9. The summed E-state index contributed by atoms with van der Waals surface area (Å²) in [5.41, 5.74) is 6.24. The van der Waals surface area contributed by atoms with Gasteiger partial charge in [-0.3, -0.25) is 0 Å². The van der Waals surface area contributed by atoms with Gasteiger partial charge < -0.3 is 14.8 Å². The molecule has 0 saturated heterocycles. The fourth-order valence-electron chi connectivity index (χ4n) is 3.75. The summed E-state index contributed by atoms with van der Waals surface area (Å²) < 4.78 is 11.8. The van der Waals surface area contributed by atoms with E-state index in [0.29, 0.717) is 6.61 Å². The lowest BCUT2D eigenvalue weighted by molar-refractivity contribution is 0.283. The van der Waals surface area contributed by atoms with E-state index in [2.05, 4.69) is 72.9 Å². The topological polar surface area (TPSA) is 30.5 Å². The number of methoxy groups -OCH3 is 1. The van der Waals surface area contributed by atoms with E-state index < -0.39 is 0 Å². The minimum absolute atomic E-state index is 0.162. The minimum Gasteiger partial charge on any atom is -0.493 e. The smallest absolute Gasteiger partial charge is 0.161 e. The molecule has 1 heterocycles. The Hall–Kier alpha value is -3.04. The van der Waals surface area contributed by atoms with Crippen LogP contribution in [0.4, 0.5) is 0 Å². The van der Waals surface area contributed by atoms with Gasteiger partial charge in [-0.05, 0) is 53.3 Å². The number of hydrogen-bond donors (Lipinski definition) is 1. The minimum atomic E-state index is 0.162. The van der Waals surface area contributed by atoms with E-state index in [0.717, 1.165) is 30.0 Å². The van der Waals surface area contributed by atoms with Crippen molar-refractivity contribution in [2.24, 2.45) is 0 Å². The van der Waals surface area contributed by atoms with Gasteiger partial charge in [0.15, 0.2) is 11.5 Å². The van der Waals surface area contributed by atoms with E-state index in [-0.39, 0.29) is 6.04 Å². The molecule has 0 aromatic heterocycles. The molecule has 0 aliphatic carbocycles. The Balaban J connectivity index is 1.58. The Bertz CT molecular complexity index is 995. The Morgan fingerprint density at radius 2 is 1.79 bits per heavy atom. The van der Waals surface area contributed by atoms with Crippen LogP contribution in [0.25, 0.3) is 6.08 Å². The highest BCUT2D eigenvalue weighted by atomic mass is 16.5. The van der Waals surface area contributed by atoms with Crippen molar-refractivity contribution in [3.63, 3.8) is 0 Å². The SMILES string of the molecule is COc1cc2c(cc1OCc1ccccc1)CCNC2/C=C/c1ccccc1C. The maximum atomic E-state index is 6.10. The summed E-state index contributed by atoms with van der Waals surface area (Å²) in [4.78, 5) is 0. The molecule has 3 heteroatoms. The van der Waals surface area contributed by atoms with Crippen molar-refractivity contribution in [3.05, 3.63) is 101 Å². The second-order valence-electron chi connectivity index (χ2n) is 7.37. The molecule has 1 N–H and O–H groups in total. The molecule has 1 atom stereocenters. The van der Waals surface area contributed by atoms with Crippen LogP contribution >= 0.6 is 0 Å². The molecule has 0 bridgehead atoms. The Labute approximate surface area is 173 Å². The van der Waals surface area contributed by atoms with Gasteiger partial charge in [-0.1, -0.05) is 66.7 Å². The molecule has 0 radical (unpaired) electrons. The quantitative estimate of drug-likeness (QED) is 0.609. The molecule has 29 heavy (non-hydrogen) atoms. The van der Waals surface area contributed by atoms with E-state index in [1.165, 1.54) is 22.3 Å². The van der Waals surface area contributed by atoms with Gasteiger partial charge in [-0.2, -0.15) is 0 Å². The summed E-state index contributed by atoms with van der Waals surface area (Å²) in [6.45, 7) is 3.62. The van der Waals surface area contributed by atoms with Crippen molar-refractivity contribution in [2.45, 2.75) is 26.0 Å². The number of ether oxygens (including phenoxy) is 2. The van der Waals surface area contributed by atoms with Crippen LogP contribution in [0.5, 0.6) is 11.5 Å². The van der Waals surface area contributed by atoms with Gasteiger partial charge in [0.1, 0.15) is 6.61 Å². The first-order valence-corrected chi connectivity index (χ1v) is 10.1. The summed E-state index contributed by atoms with van der Waals surface area (Å²) in [7, 11) is 1.70. The maximum Gasteiger partial charge on any atom is 0.161 e. The third-order valence-corrected chi connectivity index (χ3v) is 5.41. The van der Waals surface area contributed by atoms with Crippen molar-refractivity contribution >= 4 is 6.08 Å². The summed E-state index contributed by atoms with van der Waals surface area (Å²) >= 11 is 0. The highest BCUT2D eigenvalue weighted by Crippen LogP contribution is 2.36. The van der Waals surface area contributed by atoms with Crippen LogP contribution in [0.2, 0.25) is 0 Å². The fourth-order valence-corrected chi connectivity index (χ4v) is 3.75. The highest BCUT2D eigenvalue weighted by Gasteiger charge is 2.21. The number of benzene rings is 3. The highest BCUT2D eigenvalue weighted by molar-refractivity contribution is 5.56. The van der Waals surface area contributed by atoms with Gasteiger partial charge in [0.2, 0.25) is 0 Å². The van der Waals surface area contributed by atoms with E-state index in [4.69, 9.17) is 9.47 Å². The molecule has 0 fully saturated rings. The van der Waals surface area contributed by atoms with Crippen LogP contribution in [0.3, 0.4) is 0 Å². The summed E-state index contributed by atoms with van der Waals surface area (Å²) in [6, 6.07) is 23.1. The molecule has 1 aliphatic heterocycles. The first-order chi connectivity index (χ1) is 14.2. The molecule has 3 aromatic carbocycles. The van der Waals surface area contributed by atoms with Crippen LogP contribution in [-0.2, 0) is 13.0 Å². The predicted molar refractivity (Wildman–Crippen MR) is 118 cm³/mol. The van der Waals surface area contributed by atoms with Crippen LogP contribution in [0.1, 0.15) is 33.9 Å². The van der Waals surface area contributed by atoms with E-state index >= 15 is 0 Å². The Morgan fingerprint density at radius 1 is 1.00 bits per heavy atom. The first kappa shape index (κ1) is 19.3. The van der Waals surface area contributed by atoms with Gasteiger partial charge >= 0.3 is 0 Å². The predicted octanol–water partition coefficient (Wildman–Crippen LogP) is 5.48. The van der Waals surface area contributed by atoms with Gasteiger partial charge in [-0.25, -0.2) is 0 Å². The van der Waals surface area contributed by atoms with Crippen molar-refractivity contribution in [1.29, 1.82) is 0 Å². The lowest BCUT2D eigenvalue weighted by Gasteiger charge is -2.26. The lowest BCUT2D eigenvalue weighted by Crippen LogP contribution is -2.28. The van der Waals surface area contributed by atoms with Gasteiger partial charge in [-0.15, -0.1) is 0 Å². The summed E-state index contributed by atoms with van der Waals surface area (Å²) in [5, 5.41) is 3.61. The van der Waals surface area contributed by atoms with Crippen molar-refractivity contribution in [2.75, 3.05) is 13.7 Å². The van der Waals surface area contributed by atoms with Crippen LogP contribution in [-0.4, -0.2) is 13.7 Å². The van der Waals surface area contributed by atoms with E-state index in [1.54, 1.807) is 7.11 Å². The molecule has 4 rings (SSSR count). The maximum absolute atomic E-state index is 6.10. The molecule has 0 amide bonds. The number of rotatable bonds is 6. The van der Waals surface area contributed by atoms with Crippen molar-refractivity contribution in [1.82, 2.24) is 5.32 Å². The molecule has 1 unspecified atom stereocenters. The molecule has 0 spiro atoms. The zero-order valence-corrected chi connectivity index (χ0v) is 17.0. The average Bonchev–Trinajstić information content (AvgIpc) is 2.77. The molecule has 3 aromatic rings. The zero-order valence-electron chi connectivity index (χ0n) is 17.0. The van der Waals surface area contributed by atoms with Crippen LogP contribution in [0, 0.1) is 6.92 Å². The summed E-state index contributed by atoms with van der Waals surface area (Å²) in [6.07, 6.45) is 5.42. The molecular weight excluding hydrogens is 358 g/mol. The third kappa shape index (κ3) is 4.52. The number of hydrogen-bond acceptors (Lipinski definition) is 3. The van der Waals surface area contributed by atoms with E-state index in [9.17, 15) is 0 Å². The van der Waals surface area contributed by atoms with Gasteiger partial charge in [0.25, 0.3) is 0 Å². The van der Waals surface area contributed by atoms with Gasteiger partial charge in [0.05, 0.1) is 13.2 Å². The lowest BCUT2D eigenvalue weighted by atomic mass is 9.92. The Morgan fingerprint density at radius 3 is 2.59 bits per heavy atom. The second-order valence-corrected chi connectivity index (χ2v) is 7.37. The summed E-state index contributed by atoms with van der Waals surface area (Å²) in [5.74, 6) is 1.58. The molecule has 148 valence electrons. The average molecular weight is 386 g/mol. The fraction of sp³-hybridized carbons (Fsp3) is 0.231. The van der Waals surface area contributed by atoms with E-state index in [1.807, 2.05) is 18.2 Å². The van der Waals surface area contributed by atoms with Gasteiger partial charge in [0, 0.05) is 6.54 Å². The first-order valence-electron chi connectivity index (χ1n) is 10.1. The largest absolute Gasteiger partial charge is 0.493 e. The second kappa shape index (κ2) is 8.97. The zero-order chi connectivity index (χ0) is 20.1. The Kier molecular flexibility index (Phi) is 5.97. The van der Waals surface area contributed by atoms with Crippen molar-refractivity contribution in [3.8, 4) is 11.5 Å². The number of aryl methyl sites for hydroxylation is 1. The van der Waals surface area contributed by atoms with Crippen molar-refractivity contribution < 1.29 is 9.47 Å². The molecule has 3 nitrogen and oxygen atoms in total.